The fourth-order valence-corrected chi connectivity index (χ4v) is 10.0. The Balaban J connectivity index is 4.32. The summed E-state index contributed by atoms with van der Waals surface area (Å²) in [6, 6.07) is 0. The van der Waals surface area contributed by atoms with Gasteiger partial charge < -0.3 is 14.2 Å². The Kier molecular flexibility index (Phi) is 66.7. The summed E-state index contributed by atoms with van der Waals surface area (Å²) in [7, 11) is 0. The number of rotatable bonds is 64. The monoisotopic (exact) mass is 1140 g/mol. The SMILES string of the molecule is CC/C=C\C/C=C\C/C=C\C/C=C\C/C=C\CCCCCC(=O)OC(COC(=O)CCCCCCC/C=C\CCCCCCCCC)COC(=O)CCCCCCCCCCCCCCCCCCC/C=C\C/C=C\CCCCCCC. The van der Waals surface area contributed by atoms with E-state index in [4.69, 9.17) is 14.2 Å². The van der Waals surface area contributed by atoms with Crippen molar-refractivity contribution in [2.45, 2.75) is 354 Å². The smallest absolute Gasteiger partial charge is 0.306 e. The van der Waals surface area contributed by atoms with Crippen LogP contribution in [-0.4, -0.2) is 37.2 Å². The molecule has 0 aliphatic rings. The van der Waals surface area contributed by atoms with E-state index in [9.17, 15) is 14.4 Å². The number of hydrogen-bond donors (Lipinski definition) is 0. The molecule has 1 atom stereocenters. The van der Waals surface area contributed by atoms with Gasteiger partial charge in [0.2, 0.25) is 0 Å². The van der Waals surface area contributed by atoms with E-state index in [1.807, 2.05) is 0 Å². The standard InChI is InChI=1S/C76H132O6/c1-4-7-10-13-16-19-22-25-28-31-33-34-35-36-37-38-39-40-41-42-44-45-48-51-54-57-60-63-66-69-75(78)81-72-73(71-80-74(77)68-65-62-59-56-53-50-47-30-27-24-21-18-15-12-9-6-3)82-76(79)70-67-64-61-58-55-52-49-46-43-32-29-26-23-20-17-14-11-8-5-2/h8,11,17,20,22,25-26,29-31,33,43,46-47,52,55,73H,4-7,9-10,12-16,18-19,21,23-24,27-28,32,34-42,44-45,48-51,53-54,56-72H2,1-3H3/b11-8-,20-17-,25-22-,29-26-,33-31-,46-43-,47-30-,55-52-. The number of allylic oxidation sites excluding steroid dienone is 16. The number of carbonyl (C=O) groups excluding carboxylic acids is 3. The van der Waals surface area contributed by atoms with E-state index in [2.05, 4.69) is 118 Å². The van der Waals surface area contributed by atoms with Crippen LogP contribution in [0.25, 0.3) is 0 Å². The van der Waals surface area contributed by atoms with Gasteiger partial charge in [0.15, 0.2) is 6.10 Å². The zero-order chi connectivity index (χ0) is 59.2. The zero-order valence-corrected chi connectivity index (χ0v) is 54.2. The van der Waals surface area contributed by atoms with Crippen LogP contribution in [0.2, 0.25) is 0 Å². The van der Waals surface area contributed by atoms with Gasteiger partial charge in [0, 0.05) is 19.3 Å². The Morgan fingerprint density at radius 1 is 0.256 bits per heavy atom. The number of carbonyl (C=O) groups is 3. The minimum absolute atomic E-state index is 0.0915. The summed E-state index contributed by atoms with van der Waals surface area (Å²) in [6.07, 6.45) is 94.4. The molecule has 0 spiro atoms. The molecule has 6 heteroatoms. The summed E-state index contributed by atoms with van der Waals surface area (Å²) in [5.74, 6) is -0.918. The van der Waals surface area contributed by atoms with E-state index in [1.165, 1.54) is 199 Å². The molecule has 0 aliphatic heterocycles. The molecule has 0 aliphatic carbocycles. The predicted molar refractivity (Wildman–Crippen MR) is 357 cm³/mol. The molecule has 1 unspecified atom stereocenters. The van der Waals surface area contributed by atoms with Crippen LogP contribution in [0.1, 0.15) is 348 Å². The van der Waals surface area contributed by atoms with Crippen molar-refractivity contribution in [2.75, 3.05) is 13.2 Å². The summed E-state index contributed by atoms with van der Waals surface area (Å²) in [5, 5.41) is 0. The Bertz CT molecular complexity index is 1590. The molecule has 472 valence electrons. The largest absolute Gasteiger partial charge is 0.462 e. The van der Waals surface area contributed by atoms with Gasteiger partial charge in [-0.3, -0.25) is 14.4 Å². The van der Waals surface area contributed by atoms with Gasteiger partial charge >= 0.3 is 17.9 Å². The molecular weight excluding hydrogens is 1010 g/mol. The van der Waals surface area contributed by atoms with E-state index >= 15 is 0 Å². The Morgan fingerprint density at radius 3 is 0.768 bits per heavy atom. The molecule has 0 radical (unpaired) electrons. The molecule has 0 aromatic carbocycles. The lowest BCUT2D eigenvalue weighted by atomic mass is 10.0. The zero-order valence-electron chi connectivity index (χ0n) is 54.2. The quantitative estimate of drug-likeness (QED) is 0.0261. The van der Waals surface area contributed by atoms with Crippen LogP contribution < -0.4 is 0 Å². The van der Waals surface area contributed by atoms with Crippen LogP contribution in [0.3, 0.4) is 0 Å². The van der Waals surface area contributed by atoms with Crippen LogP contribution in [-0.2, 0) is 28.6 Å². The molecular formula is C76H132O6. The van der Waals surface area contributed by atoms with Crippen LogP contribution in [0.4, 0.5) is 0 Å². The molecule has 0 rings (SSSR count). The summed E-state index contributed by atoms with van der Waals surface area (Å²) < 4.78 is 16.9. The first-order chi connectivity index (χ1) is 40.5. The molecule has 6 nitrogen and oxygen atoms in total. The molecule has 0 saturated heterocycles. The number of hydrogen-bond acceptors (Lipinski definition) is 6. The van der Waals surface area contributed by atoms with Crippen molar-refractivity contribution in [3.8, 4) is 0 Å². The second kappa shape index (κ2) is 69.8. The highest BCUT2D eigenvalue weighted by Crippen LogP contribution is 2.17. The van der Waals surface area contributed by atoms with Gasteiger partial charge in [0.05, 0.1) is 0 Å². The van der Waals surface area contributed by atoms with Gasteiger partial charge in [-0.05, 0) is 122 Å². The first kappa shape index (κ1) is 78.3. The van der Waals surface area contributed by atoms with Crippen molar-refractivity contribution in [3.63, 3.8) is 0 Å². The van der Waals surface area contributed by atoms with Crippen LogP contribution >= 0.6 is 0 Å². The third kappa shape index (κ3) is 67.1. The summed E-state index contributed by atoms with van der Waals surface area (Å²) in [5.41, 5.74) is 0. The summed E-state index contributed by atoms with van der Waals surface area (Å²) in [6.45, 7) is 6.52. The van der Waals surface area contributed by atoms with Gasteiger partial charge in [-0.25, -0.2) is 0 Å². The lowest BCUT2D eigenvalue weighted by Crippen LogP contribution is -2.30. The minimum Gasteiger partial charge on any atom is -0.462 e. The second-order valence-electron chi connectivity index (χ2n) is 23.4. The third-order valence-electron chi connectivity index (χ3n) is 15.3. The highest BCUT2D eigenvalue weighted by Gasteiger charge is 2.19. The lowest BCUT2D eigenvalue weighted by Gasteiger charge is -2.18. The highest BCUT2D eigenvalue weighted by atomic mass is 16.6. The van der Waals surface area contributed by atoms with Gasteiger partial charge in [-0.1, -0.05) is 304 Å². The first-order valence-electron chi connectivity index (χ1n) is 35.2. The van der Waals surface area contributed by atoms with E-state index in [-0.39, 0.29) is 37.5 Å². The predicted octanol–water partition coefficient (Wildman–Crippen LogP) is 24.4. The molecule has 0 fully saturated rings. The van der Waals surface area contributed by atoms with Crippen LogP contribution in [0.5, 0.6) is 0 Å². The van der Waals surface area contributed by atoms with Crippen molar-refractivity contribution in [1.82, 2.24) is 0 Å². The lowest BCUT2D eigenvalue weighted by molar-refractivity contribution is -0.167. The summed E-state index contributed by atoms with van der Waals surface area (Å²) in [4.78, 5) is 38.4. The molecule has 0 N–H and O–H groups in total. The van der Waals surface area contributed by atoms with E-state index in [0.717, 1.165) is 109 Å². The fourth-order valence-electron chi connectivity index (χ4n) is 10.0. The van der Waals surface area contributed by atoms with Gasteiger partial charge in [0.25, 0.3) is 0 Å². The van der Waals surface area contributed by atoms with Gasteiger partial charge in [-0.2, -0.15) is 0 Å². The minimum atomic E-state index is -0.800. The van der Waals surface area contributed by atoms with E-state index in [0.29, 0.717) is 12.8 Å². The average Bonchev–Trinajstić information content (AvgIpc) is 3.47. The van der Waals surface area contributed by atoms with E-state index < -0.39 is 6.10 Å². The summed E-state index contributed by atoms with van der Waals surface area (Å²) >= 11 is 0. The normalized spacial score (nSPS) is 12.7. The number of unbranched alkanes of at least 4 members (excludes halogenated alkanes) is 37. The molecule has 0 aromatic rings. The molecule has 0 amide bonds. The number of ether oxygens (including phenoxy) is 3. The number of esters is 3. The van der Waals surface area contributed by atoms with Gasteiger partial charge in [0.1, 0.15) is 13.2 Å². The first-order valence-corrected chi connectivity index (χ1v) is 35.2. The van der Waals surface area contributed by atoms with Gasteiger partial charge in [-0.15, -0.1) is 0 Å². The van der Waals surface area contributed by atoms with E-state index in [1.54, 1.807) is 0 Å². The Morgan fingerprint density at radius 2 is 0.476 bits per heavy atom. The Labute approximate surface area is 508 Å². The molecule has 0 bridgehead atoms. The van der Waals surface area contributed by atoms with Crippen molar-refractivity contribution in [2.24, 2.45) is 0 Å². The van der Waals surface area contributed by atoms with Crippen molar-refractivity contribution >= 4 is 17.9 Å². The topological polar surface area (TPSA) is 78.9 Å². The fraction of sp³-hybridized carbons (Fsp3) is 0.750. The van der Waals surface area contributed by atoms with Crippen molar-refractivity contribution in [1.29, 1.82) is 0 Å². The maximum atomic E-state index is 12.9. The van der Waals surface area contributed by atoms with Crippen molar-refractivity contribution in [3.05, 3.63) is 97.2 Å². The molecule has 82 heavy (non-hydrogen) atoms. The molecule has 0 heterocycles. The maximum absolute atomic E-state index is 12.9. The molecule has 0 saturated carbocycles. The average molecular weight is 1140 g/mol. The highest BCUT2D eigenvalue weighted by molar-refractivity contribution is 5.71. The van der Waals surface area contributed by atoms with Crippen LogP contribution in [0.15, 0.2) is 97.2 Å². The Hall–Kier alpha value is -3.67. The van der Waals surface area contributed by atoms with Crippen molar-refractivity contribution < 1.29 is 28.6 Å². The second-order valence-corrected chi connectivity index (χ2v) is 23.4. The molecule has 0 aromatic heterocycles. The maximum Gasteiger partial charge on any atom is 0.306 e. The third-order valence-corrected chi connectivity index (χ3v) is 15.3. The van der Waals surface area contributed by atoms with Crippen LogP contribution in [0, 0.1) is 0 Å².